The van der Waals surface area contributed by atoms with Gasteiger partial charge in [-0.05, 0) is 91.8 Å². The summed E-state index contributed by atoms with van der Waals surface area (Å²) in [6.07, 6.45) is 6.39. The summed E-state index contributed by atoms with van der Waals surface area (Å²) in [6, 6.07) is 13.7. The molecule has 0 saturated carbocycles. The number of amides is 2. The molecule has 1 saturated heterocycles. The first-order valence-electron chi connectivity index (χ1n) is 13.6. The molecule has 2 heterocycles. The second-order valence-electron chi connectivity index (χ2n) is 10.4. The lowest BCUT2D eigenvalue weighted by molar-refractivity contribution is -0.121. The van der Waals surface area contributed by atoms with Gasteiger partial charge < -0.3 is 15.5 Å². The SMILES string of the molecule is CC(C)C(=O)Nc1cncc(C2CCN(CCCNC(=O)C(c3ccc(F)cc3)c3ccc(F)cc3)CC2)c1. The number of nitrogens with zero attached hydrogens (tertiary/aromatic N) is 2. The number of benzene rings is 2. The van der Waals surface area contributed by atoms with Crippen LogP contribution in [-0.4, -0.2) is 47.9 Å². The molecule has 0 unspecified atom stereocenters. The fourth-order valence-electron chi connectivity index (χ4n) is 4.95. The number of hydrogen-bond acceptors (Lipinski definition) is 4. The minimum Gasteiger partial charge on any atom is -0.355 e. The minimum absolute atomic E-state index is 0.0162. The molecule has 0 spiro atoms. The minimum atomic E-state index is -0.642. The number of halogens is 2. The average molecular weight is 535 g/mol. The molecule has 6 nitrogen and oxygen atoms in total. The summed E-state index contributed by atoms with van der Waals surface area (Å²) >= 11 is 0. The third-order valence-corrected chi connectivity index (χ3v) is 7.23. The third kappa shape index (κ3) is 7.93. The zero-order chi connectivity index (χ0) is 27.8. The maximum absolute atomic E-state index is 13.5. The van der Waals surface area contributed by atoms with Gasteiger partial charge in [0, 0.05) is 18.7 Å². The topological polar surface area (TPSA) is 74.3 Å². The molecule has 4 rings (SSSR count). The molecule has 8 heteroatoms. The first-order chi connectivity index (χ1) is 18.8. The fraction of sp³-hybridized carbons (Fsp3) is 0.387. The molecule has 1 aromatic heterocycles. The molecule has 3 aromatic rings. The number of rotatable bonds is 10. The molecule has 0 aliphatic carbocycles. The van der Waals surface area contributed by atoms with E-state index in [4.69, 9.17) is 0 Å². The van der Waals surface area contributed by atoms with Crippen LogP contribution in [0.15, 0.2) is 67.0 Å². The Morgan fingerprint density at radius 2 is 1.51 bits per heavy atom. The van der Waals surface area contributed by atoms with Crippen molar-refractivity contribution in [2.75, 3.05) is 31.5 Å². The van der Waals surface area contributed by atoms with E-state index in [0.29, 0.717) is 23.6 Å². The van der Waals surface area contributed by atoms with Crippen molar-refractivity contribution in [2.24, 2.45) is 5.92 Å². The van der Waals surface area contributed by atoms with Gasteiger partial charge in [0.05, 0.1) is 17.8 Å². The highest BCUT2D eigenvalue weighted by Crippen LogP contribution is 2.29. The van der Waals surface area contributed by atoms with E-state index >= 15 is 0 Å². The smallest absolute Gasteiger partial charge is 0.232 e. The number of carbonyl (C=O) groups is 2. The van der Waals surface area contributed by atoms with E-state index in [-0.39, 0.29) is 29.4 Å². The molecular weight excluding hydrogens is 498 g/mol. The molecule has 1 aliphatic rings. The highest BCUT2D eigenvalue weighted by Gasteiger charge is 2.24. The van der Waals surface area contributed by atoms with Crippen LogP contribution >= 0.6 is 0 Å². The third-order valence-electron chi connectivity index (χ3n) is 7.23. The standard InChI is InChI=1S/C31H36F2N4O2/c1-21(2)30(38)36-28-18-25(19-34-20-28)22-12-16-37(17-13-22)15-3-14-35-31(39)29(23-4-8-26(32)9-5-23)24-6-10-27(33)11-7-24/h4-11,18-22,29H,3,12-17H2,1-2H3,(H,35,39)(H,36,38). The predicted molar refractivity (Wildman–Crippen MR) is 148 cm³/mol. The van der Waals surface area contributed by atoms with Crippen molar-refractivity contribution in [3.05, 3.63) is 95.3 Å². The van der Waals surface area contributed by atoms with E-state index in [1.165, 1.54) is 24.3 Å². The van der Waals surface area contributed by atoms with Crippen molar-refractivity contribution in [1.82, 2.24) is 15.2 Å². The molecular formula is C31H36F2N4O2. The lowest BCUT2D eigenvalue weighted by atomic mass is 9.90. The summed E-state index contributed by atoms with van der Waals surface area (Å²) in [5, 5.41) is 5.94. The second kappa shape index (κ2) is 13.4. The van der Waals surface area contributed by atoms with Crippen LogP contribution in [0.25, 0.3) is 0 Å². The lowest BCUT2D eigenvalue weighted by Crippen LogP contribution is -2.36. The number of pyridine rings is 1. The van der Waals surface area contributed by atoms with Gasteiger partial charge in [-0.3, -0.25) is 14.6 Å². The van der Waals surface area contributed by atoms with E-state index < -0.39 is 5.92 Å². The Kier molecular flexibility index (Phi) is 9.76. The maximum Gasteiger partial charge on any atom is 0.232 e. The van der Waals surface area contributed by atoms with Crippen LogP contribution in [0, 0.1) is 17.6 Å². The van der Waals surface area contributed by atoms with Gasteiger partial charge in [-0.15, -0.1) is 0 Å². The summed E-state index contributed by atoms with van der Waals surface area (Å²) < 4.78 is 26.9. The van der Waals surface area contributed by atoms with Gasteiger partial charge in [-0.25, -0.2) is 8.78 Å². The summed E-state index contributed by atoms with van der Waals surface area (Å²) in [5.74, 6) is -1.28. The van der Waals surface area contributed by atoms with E-state index in [1.807, 2.05) is 26.1 Å². The van der Waals surface area contributed by atoms with Crippen molar-refractivity contribution in [3.8, 4) is 0 Å². The molecule has 0 bridgehead atoms. The Morgan fingerprint density at radius 3 is 2.08 bits per heavy atom. The van der Waals surface area contributed by atoms with Crippen molar-refractivity contribution < 1.29 is 18.4 Å². The van der Waals surface area contributed by atoms with Gasteiger partial charge in [0.2, 0.25) is 11.8 Å². The number of aromatic nitrogens is 1. The van der Waals surface area contributed by atoms with E-state index in [0.717, 1.165) is 50.1 Å². The Hall–Kier alpha value is -3.65. The quantitative estimate of drug-likeness (QED) is 0.338. The van der Waals surface area contributed by atoms with E-state index in [9.17, 15) is 18.4 Å². The predicted octanol–water partition coefficient (Wildman–Crippen LogP) is 5.47. The summed E-state index contributed by atoms with van der Waals surface area (Å²) in [7, 11) is 0. The summed E-state index contributed by atoms with van der Waals surface area (Å²) in [6.45, 7) is 7.02. The van der Waals surface area contributed by atoms with Crippen molar-refractivity contribution >= 4 is 17.5 Å². The Bertz CT molecular complexity index is 1190. The first kappa shape index (κ1) is 28.4. The summed E-state index contributed by atoms with van der Waals surface area (Å²) in [4.78, 5) is 31.9. The normalized spacial score (nSPS) is 14.5. The largest absolute Gasteiger partial charge is 0.355 e. The first-order valence-corrected chi connectivity index (χ1v) is 13.6. The Labute approximate surface area is 228 Å². The van der Waals surface area contributed by atoms with Crippen LogP contribution in [0.5, 0.6) is 0 Å². The van der Waals surface area contributed by atoms with Gasteiger partial charge >= 0.3 is 0 Å². The number of hydrogen-bond donors (Lipinski definition) is 2. The van der Waals surface area contributed by atoms with E-state index in [1.54, 1.807) is 30.5 Å². The average Bonchev–Trinajstić information content (AvgIpc) is 2.94. The maximum atomic E-state index is 13.5. The highest BCUT2D eigenvalue weighted by molar-refractivity contribution is 5.92. The van der Waals surface area contributed by atoms with Gasteiger partial charge in [0.25, 0.3) is 0 Å². The van der Waals surface area contributed by atoms with Crippen molar-refractivity contribution in [3.63, 3.8) is 0 Å². The molecule has 1 fully saturated rings. The monoisotopic (exact) mass is 534 g/mol. The zero-order valence-corrected chi connectivity index (χ0v) is 22.5. The van der Waals surface area contributed by atoms with E-state index in [2.05, 4.69) is 20.5 Å². The Balaban J connectivity index is 1.25. The molecule has 2 N–H and O–H groups in total. The number of anilines is 1. The van der Waals surface area contributed by atoms with Crippen LogP contribution in [0.1, 0.15) is 61.6 Å². The molecule has 0 atom stereocenters. The highest BCUT2D eigenvalue weighted by atomic mass is 19.1. The molecule has 2 amide bonds. The molecule has 206 valence electrons. The van der Waals surface area contributed by atoms with Crippen LogP contribution in [0.4, 0.5) is 14.5 Å². The van der Waals surface area contributed by atoms with Crippen molar-refractivity contribution in [2.45, 2.75) is 44.9 Å². The molecule has 2 aromatic carbocycles. The number of nitrogens with one attached hydrogen (secondary N) is 2. The molecule has 1 aliphatic heterocycles. The lowest BCUT2D eigenvalue weighted by Gasteiger charge is -2.32. The van der Waals surface area contributed by atoms with Gasteiger partial charge in [-0.2, -0.15) is 0 Å². The molecule has 0 radical (unpaired) electrons. The van der Waals surface area contributed by atoms with Crippen LogP contribution in [-0.2, 0) is 9.59 Å². The second-order valence-corrected chi connectivity index (χ2v) is 10.4. The number of likely N-dealkylation sites (tertiary alicyclic amines) is 1. The van der Waals surface area contributed by atoms with Crippen LogP contribution in [0.3, 0.4) is 0 Å². The number of piperidine rings is 1. The zero-order valence-electron chi connectivity index (χ0n) is 22.5. The van der Waals surface area contributed by atoms with Crippen molar-refractivity contribution in [1.29, 1.82) is 0 Å². The van der Waals surface area contributed by atoms with Gasteiger partial charge in [-0.1, -0.05) is 38.1 Å². The summed E-state index contributed by atoms with van der Waals surface area (Å²) in [5.41, 5.74) is 3.20. The van der Waals surface area contributed by atoms with Gasteiger partial charge in [0.1, 0.15) is 11.6 Å². The van der Waals surface area contributed by atoms with Crippen LogP contribution < -0.4 is 10.6 Å². The van der Waals surface area contributed by atoms with Gasteiger partial charge in [0.15, 0.2) is 0 Å². The number of carbonyl (C=O) groups excluding carboxylic acids is 2. The Morgan fingerprint density at radius 1 is 0.923 bits per heavy atom. The van der Waals surface area contributed by atoms with Crippen LogP contribution in [0.2, 0.25) is 0 Å². The molecule has 39 heavy (non-hydrogen) atoms. The fourth-order valence-corrected chi connectivity index (χ4v) is 4.95.